The van der Waals surface area contributed by atoms with Gasteiger partial charge in [0.25, 0.3) is 0 Å². The van der Waals surface area contributed by atoms with Crippen LogP contribution in [0.2, 0.25) is 20.1 Å². The summed E-state index contributed by atoms with van der Waals surface area (Å²) in [5.74, 6) is 0. The normalized spacial score (nSPS) is 14.9. The number of nitrogen functional groups attached to an aromatic ring is 2. The summed E-state index contributed by atoms with van der Waals surface area (Å²) in [6.45, 7) is 0. The van der Waals surface area contributed by atoms with Crippen LogP contribution in [-0.4, -0.2) is 0 Å². The van der Waals surface area contributed by atoms with Gasteiger partial charge in [-0.15, -0.1) is 0 Å². The quantitative estimate of drug-likeness (QED) is 0.233. The largest absolute Gasteiger partial charge is 0.396 e. The molecule has 0 saturated heterocycles. The van der Waals surface area contributed by atoms with Crippen LogP contribution >= 0.6 is 46.4 Å². The van der Waals surface area contributed by atoms with E-state index >= 15 is 0 Å². The van der Waals surface area contributed by atoms with Crippen molar-refractivity contribution in [1.82, 2.24) is 0 Å². The number of hydrogen-bond acceptors (Lipinski definition) is 2. The molecule has 4 aromatic carbocycles. The predicted octanol–water partition coefficient (Wildman–Crippen LogP) is 10.3. The zero-order valence-corrected chi connectivity index (χ0v) is 23.1. The summed E-state index contributed by atoms with van der Waals surface area (Å²) in [5.41, 5.74) is 21.4. The van der Waals surface area contributed by atoms with Gasteiger partial charge in [-0.1, -0.05) is 119 Å². The van der Waals surface area contributed by atoms with Gasteiger partial charge >= 0.3 is 0 Å². The van der Waals surface area contributed by atoms with E-state index in [-0.39, 0.29) is 0 Å². The molecule has 0 radical (unpaired) electrons. The molecule has 2 aliphatic rings. The smallest absolute Gasteiger partial charge is 0.0693 e. The lowest BCUT2D eigenvalue weighted by Gasteiger charge is -2.05. The van der Waals surface area contributed by atoms with E-state index < -0.39 is 0 Å². The number of rotatable bonds is 2. The Morgan fingerprint density at radius 2 is 0.816 bits per heavy atom. The number of nitrogens with two attached hydrogens (primary N) is 2. The van der Waals surface area contributed by atoms with Crippen molar-refractivity contribution in [2.75, 3.05) is 11.5 Å². The van der Waals surface area contributed by atoms with Gasteiger partial charge in [-0.2, -0.15) is 0 Å². The highest BCUT2D eigenvalue weighted by Crippen LogP contribution is 2.35. The van der Waals surface area contributed by atoms with Crippen molar-refractivity contribution in [3.63, 3.8) is 0 Å². The highest BCUT2D eigenvalue weighted by atomic mass is 35.5. The topological polar surface area (TPSA) is 52.0 Å². The van der Waals surface area contributed by atoms with E-state index in [1.54, 1.807) is 0 Å². The fraction of sp³-hybridized carbons (Fsp3) is 0. The molecule has 2 aliphatic carbocycles. The molecule has 0 saturated carbocycles. The van der Waals surface area contributed by atoms with Gasteiger partial charge in [0.1, 0.15) is 0 Å². The first-order valence-electron chi connectivity index (χ1n) is 11.8. The standard InChI is InChI=1S/2C16H11Cl2N/c2*17-14-8-10(9-15(18)16(14)19)7-12-6-5-11-3-1-2-4-13(11)12/h2*1-9H,19H2. The number of allylic oxidation sites excluding steroid dienone is 4. The molecule has 0 bridgehead atoms. The minimum absolute atomic E-state index is 0.424. The number of halogens is 4. The Morgan fingerprint density at radius 1 is 0.474 bits per heavy atom. The predicted molar refractivity (Wildman–Crippen MR) is 168 cm³/mol. The number of benzene rings is 4. The molecule has 6 rings (SSSR count). The minimum Gasteiger partial charge on any atom is -0.396 e. The Bertz CT molecular complexity index is 1510. The van der Waals surface area contributed by atoms with Gasteiger partial charge < -0.3 is 11.5 Å². The van der Waals surface area contributed by atoms with Gasteiger partial charge in [-0.05, 0) is 80.9 Å². The van der Waals surface area contributed by atoms with E-state index in [2.05, 4.69) is 60.7 Å². The van der Waals surface area contributed by atoms with Crippen LogP contribution in [0.3, 0.4) is 0 Å². The fourth-order valence-electron chi connectivity index (χ4n) is 4.33. The lowest BCUT2D eigenvalue weighted by molar-refractivity contribution is 1.61. The molecular formula is C32H22Cl4N2. The summed E-state index contributed by atoms with van der Waals surface area (Å²) < 4.78 is 0. The second-order valence-corrected chi connectivity index (χ2v) is 10.5. The Morgan fingerprint density at radius 3 is 1.18 bits per heavy atom. The molecule has 0 amide bonds. The summed E-state index contributed by atoms with van der Waals surface area (Å²) in [4.78, 5) is 0. The summed E-state index contributed by atoms with van der Waals surface area (Å²) in [6.07, 6.45) is 12.5. The third-order valence-electron chi connectivity index (χ3n) is 6.28. The molecule has 0 spiro atoms. The number of hydrogen-bond donors (Lipinski definition) is 2. The maximum absolute atomic E-state index is 6.05. The Kier molecular flexibility index (Phi) is 7.69. The van der Waals surface area contributed by atoms with Crippen LogP contribution in [0.25, 0.3) is 35.5 Å². The summed E-state index contributed by atoms with van der Waals surface area (Å²) in [7, 11) is 0. The molecule has 0 unspecified atom stereocenters. The molecule has 4 aromatic rings. The summed E-state index contributed by atoms with van der Waals surface area (Å²) in [5, 5.41) is 1.92. The van der Waals surface area contributed by atoms with Crippen molar-refractivity contribution in [2.24, 2.45) is 0 Å². The molecule has 0 aromatic heterocycles. The third-order valence-corrected chi connectivity index (χ3v) is 7.53. The van der Waals surface area contributed by atoms with Crippen LogP contribution in [0.1, 0.15) is 33.4 Å². The Balaban J connectivity index is 0.000000155. The summed E-state index contributed by atoms with van der Waals surface area (Å²) in [6, 6.07) is 23.8. The van der Waals surface area contributed by atoms with Crippen LogP contribution in [0.5, 0.6) is 0 Å². The van der Waals surface area contributed by atoms with Crippen molar-refractivity contribution in [3.05, 3.63) is 138 Å². The van der Waals surface area contributed by atoms with E-state index in [9.17, 15) is 0 Å². The zero-order valence-electron chi connectivity index (χ0n) is 20.1. The average Bonchev–Trinajstić information content (AvgIpc) is 3.50. The molecule has 4 N–H and O–H groups in total. The van der Waals surface area contributed by atoms with Gasteiger partial charge in [0.15, 0.2) is 0 Å². The molecule has 0 aliphatic heterocycles. The molecule has 188 valence electrons. The molecular weight excluding hydrogens is 554 g/mol. The van der Waals surface area contributed by atoms with E-state index in [0.29, 0.717) is 31.5 Å². The van der Waals surface area contributed by atoms with Gasteiger partial charge in [0.05, 0.1) is 31.5 Å². The molecule has 6 heteroatoms. The van der Waals surface area contributed by atoms with Crippen LogP contribution in [0.4, 0.5) is 11.4 Å². The zero-order chi connectivity index (χ0) is 26.8. The van der Waals surface area contributed by atoms with Gasteiger partial charge in [-0.3, -0.25) is 0 Å². The molecule has 0 atom stereocenters. The highest BCUT2D eigenvalue weighted by molar-refractivity contribution is 6.39. The van der Waals surface area contributed by atoms with Crippen LogP contribution in [-0.2, 0) is 0 Å². The molecule has 0 fully saturated rings. The Hall–Kier alpha value is -3.40. The van der Waals surface area contributed by atoms with E-state index in [4.69, 9.17) is 57.9 Å². The maximum atomic E-state index is 6.05. The van der Waals surface area contributed by atoms with Crippen molar-refractivity contribution >= 4 is 93.2 Å². The molecule has 0 heterocycles. The van der Waals surface area contributed by atoms with Crippen LogP contribution in [0.15, 0.2) is 84.9 Å². The second-order valence-electron chi connectivity index (χ2n) is 8.84. The average molecular weight is 576 g/mol. The monoisotopic (exact) mass is 574 g/mol. The van der Waals surface area contributed by atoms with Crippen LogP contribution < -0.4 is 11.5 Å². The fourth-order valence-corrected chi connectivity index (χ4v) is 5.34. The lowest BCUT2D eigenvalue weighted by Crippen LogP contribution is -1.89. The number of anilines is 2. The van der Waals surface area contributed by atoms with Gasteiger partial charge in [0, 0.05) is 0 Å². The van der Waals surface area contributed by atoms with Crippen LogP contribution in [0, 0.1) is 0 Å². The maximum Gasteiger partial charge on any atom is 0.0693 e. The van der Waals surface area contributed by atoms with Crippen molar-refractivity contribution in [2.45, 2.75) is 0 Å². The van der Waals surface area contributed by atoms with Crippen molar-refractivity contribution < 1.29 is 0 Å². The van der Waals surface area contributed by atoms with Crippen molar-refractivity contribution in [3.8, 4) is 0 Å². The second kappa shape index (κ2) is 11.1. The lowest BCUT2D eigenvalue weighted by atomic mass is 10.0. The number of fused-ring (bicyclic) bond motifs is 2. The van der Waals surface area contributed by atoms with Crippen molar-refractivity contribution in [1.29, 1.82) is 0 Å². The van der Waals surface area contributed by atoms with Gasteiger partial charge in [0.2, 0.25) is 0 Å². The minimum atomic E-state index is 0.424. The Labute approximate surface area is 242 Å². The molecule has 38 heavy (non-hydrogen) atoms. The first-order chi connectivity index (χ1) is 18.3. The SMILES string of the molecule is Nc1c(Cl)cc(C=C2C=Cc3ccccc32)cc1Cl.Nc1c(Cl)cc(C=C2C=Cc3ccccc32)cc1Cl. The summed E-state index contributed by atoms with van der Waals surface area (Å²) >= 11 is 24.2. The van der Waals surface area contributed by atoms with E-state index in [1.807, 2.05) is 48.5 Å². The third kappa shape index (κ3) is 5.55. The van der Waals surface area contributed by atoms with Gasteiger partial charge in [-0.25, -0.2) is 0 Å². The van der Waals surface area contributed by atoms with E-state index in [1.165, 1.54) is 22.3 Å². The first kappa shape index (κ1) is 26.2. The molecule has 2 nitrogen and oxygen atoms in total. The first-order valence-corrected chi connectivity index (χ1v) is 13.3. The highest BCUT2D eigenvalue weighted by Gasteiger charge is 2.12. The van der Waals surface area contributed by atoms with E-state index in [0.717, 1.165) is 22.3 Å².